The van der Waals surface area contributed by atoms with Crippen LogP contribution in [0.1, 0.15) is 45.9 Å². The van der Waals surface area contributed by atoms with Gasteiger partial charge in [0.2, 0.25) is 0 Å². The molecule has 0 saturated heterocycles. The smallest absolute Gasteiger partial charge is 0.135 e. The van der Waals surface area contributed by atoms with E-state index in [-0.39, 0.29) is 0 Å². The van der Waals surface area contributed by atoms with E-state index in [2.05, 4.69) is 47.9 Å². The summed E-state index contributed by atoms with van der Waals surface area (Å²) in [5, 5.41) is 3.11. The summed E-state index contributed by atoms with van der Waals surface area (Å²) in [5.74, 6) is 3.18. The minimum Gasteiger partial charge on any atom is -0.373 e. The van der Waals surface area contributed by atoms with E-state index in [4.69, 9.17) is 0 Å². The van der Waals surface area contributed by atoms with E-state index < -0.39 is 0 Å². The van der Waals surface area contributed by atoms with Crippen LogP contribution in [0.4, 0.5) is 11.6 Å². The minimum atomic E-state index is 0.349. The summed E-state index contributed by atoms with van der Waals surface area (Å²) in [4.78, 5) is 11.4. The van der Waals surface area contributed by atoms with Gasteiger partial charge in [0, 0.05) is 32.1 Å². The van der Waals surface area contributed by atoms with Crippen molar-refractivity contribution >= 4 is 11.6 Å². The van der Waals surface area contributed by atoms with Gasteiger partial charge >= 0.3 is 0 Å². The molecule has 1 N–H and O–H groups in total. The fourth-order valence-corrected chi connectivity index (χ4v) is 1.71. The number of hydrogen-bond donors (Lipinski definition) is 1. The number of anilines is 2. The molecule has 1 rings (SSSR count). The lowest BCUT2D eigenvalue weighted by molar-refractivity contribution is 0.739. The van der Waals surface area contributed by atoms with Gasteiger partial charge in [-0.05, 0) is 13.3 Å². The van der Waals surface area contributed by atoms with Crippen LogP contribution >= 0.6 is 0 Å². The van der Waals surface area contributed by atoms with Crippen LogP contribution in [-0.2, 0) is 0 Å². The molecule has 0 unspecified atom stereocenters. The lowest BCUT2D eigenvalue weighted by atomic mass is 10.2. The fourth-order valence-electron chi connectivity index (χ4n) is 1.71. The molecule has 1 heterocycles. The number of nitrogens with one attached hydrogen (secondary N) is 1. The highest BCUT2D eigenvalue weighted by atomic mass is 15.2. The zero-order valence-corrected chi connectivity index (χ0v) is 11.6. The monoisotopic (exact) mass is 236 g/mol. The van der Waals surface area contributed by atoms with E-state index in [0.29, 0.717) is 5.92 Å². The zero-order valence-electron chi connectivity index (χ0n) is 11.6. The molecule has 0 aliphatic heterocycles. The number of nitrogens with zero attached hydrogens (tertiary/aromatic N) is 3. The van der Waals surface area contributed by atoms with Crippen LogP contribution in [0.5, 0.6) is 0 Å². The average Bonchev–Trinajstić information content (AvgIpc) is 2.35. The van der Waals surface area contributed by atoms with E-state index in [1.807, 2.05) is 13.1 Å². The highest BCUT2D eigenvalue weighted by Crippen LogP contribution is 2.19. The Morgan fingerprint density at radius 3 is 2.47 bits per heavy atom. The Bertz CT molecular complexity index is 349. The second-order valence-corrected chi connectivity index (χ2v) is 4.45. The van der Waals surface area contributed by atoms with Gasteiger partial charge in [-0.15, -0.1) is 0 Å². The molecule has 0 aliphatic carbocycles. The second kappa shape index (κ2) is 6.42. The first-order valence-corrected chi connectivity index (χ1v) is 6.44. The first-order chi connectivity index (χ1) is 8.12. The summed E-state index contributed by atoms with van der Waals surface area (Å²) in [6, 6.07) is 2.02. The minimum absolute atomic E-state index is 0.349. The summed E-state index contributed by atoms with van der Waals surface area (Å²) in [5.41, 5.74) is 0. The van der Waals surface area contributed by atoms with Gasteiger partial charge in [-0.25, -0.2) is 9.97 Å². The molecule has 1 aromatic rings. The number of aromatic nitrogens is 2. The predicted molar refractivity (Wildman–Crippen MR) is 73.8 cm³/mol. The summed E-state index contributed by atoms with van der Waals surface area (Å²) in [7, 11) is 1.90. The lowest BCUT2D eigenvalue weighted by Crippen LogP contribution is -2.25. The van der Waals surface area contributed by atoms with Crippen LogP contribution in [-0.4, -0.2) is 30.1 Å². The summed E-state index contributed by atoms with van der Waals surface area (Å²) < 4.78 is 0. The second-order valence-electron chi connectivity index (χ2n) is 4.45. The lowest BCUT2D eigenvalue weighted by Gasteiger charge is -2.22. The summed E-state index contributed by atoms with van der Waals surface area (Å²) in [6.07, 6.45) is 1.13. The highest BCUT2D eigenvalue weighted by molar-refractivity contribution is 5.49. The van der Waals surface area contributed by atoms with Crippen molar-refractivity contribution in [2.45, 2.75) is 40.0 Å². The molecule has 96 valence electrons. The van der Waals surface area contributed by atoms with Crippen molar-refractivity contribution in [1.29, 1.82) is 0 Å². The molecule has 1 aromatic heterocycles. The summed E-state index contributed by atoms with van der Waals surface area (Å²) in [6.45, 7) is 10.6. The fraction of sp³-hybridized carbons (Fsp3) is 0.692. The Morgan fingerprint density at radius 2 is 2.00 bits per heavy atom. The standard InChI is InChI=1S/C13H24N4/c1-6-8-17(7-2)12-9-11(14-5)15-13(16-12)10(3)4/h9-10H,6-8H2,1-5H3,(H,14,15,16). The van der Waals surface area contributed by atoms with E-state index in [0.717, 1.165) is 37.0 Å². The van der Waals surface area contributed by atoms with Crippen LogP contribution in [0, 0.1) is 0 Å². The maximum absolute atomic E-state index is 4.65. The number of rotatable bonds is 6. The molecular formula is C13H24N4. The van der Waals surface area contributed by atoms with Crippen LogP contribution in [0.2, 0.25) is 0 Å². The third kappa shape index (κ3) is 3.58. The van der Waals surface area contributed by atoms with E-state index in [1.165, 1.54) is 0 Å². The molecule has 0 fully saturated rings. The maximum atomic E-state index is 4.65. The average molecular weight is 236 g/mol. The molecule has 0 bridgehead atoms. The van der Waals surface area contributed by atoms with Crippen molar-refractivity contribution in [3.05, 3.63) is 11.9 Å². The van der Waals surface area contributed by atoms with Gasteiger partial charge in [-0.3, -0.25) is 0 Å². The van der Waals surface area contributed by atoms with Gasteiger partial charge in [0.1, 0.15) is 17.5 Å². The Hall–Kier alpha value is -1.32. The van der Waals surface area contributed by atoms with Crippen molar-refractivity contribution in [2.75, 3.05) is 30.4 Å². The first-order valence-electron chi connectivity index (χ1n) is 6.44. The molecular weight excluding hydrogens is 212 g/mol. The molecule has 4 heteroatoms. The SMILES string of the molecule is CCCN(CC)c1cc(NC)nc(C(C)C)n1. The third-order valence-electron chi connectivity index (χ3n) is 2.70. The molecule has 0 amide bonds. The normalized spacial score (nSPS) is 10.7. The Balaban J connectivity index is 3.08. The molecule has 0 radical (unpaired) electrons. The van der Waals surface area contributed by atoms with Crippen LogP contribution < -0.4 is 10.2 Å². The van der Waals surface area contributed by atoms with Gasteiger partial charge < -0.3 is 10.2 Å². The number of hydrogen-bond acceptors (Lipinski definition) is 4. The first kappa shape index (κ1) is 13.7. The van der Waals surface area contributed by atoms with Crippen molar-refractivity contribution in [3.8, 4) is 0 Å². The quantitative estimate of drug-likeness (QED) is 0.824. The maximum Gasteiger partial charge on any atom is 0.135 e. The zero-order chi connectivity index (χ0) is 12.8. The molecule has 0 saturated carbocycles. The Morgan fingerprint density at radius 1 is 1.29 bits per heavy atom. The van der Waals surface area contributed by atoms with E-state index in [1.54, 1.807) is 0 Å². The van der Waals surface area contributed by atoms with Crippen molar-refractivity contribution in [2.24, 2.45) is 0 Å². The summed E-state index contributed by atoms with van der Waals surface area (Å²) >= 11 is 0. The molecule has 0 atom stereocenters. The highest BCUT2D eigenvalue weighted by Gasteiger charge is 2.11. The Kier molecular flexibility index (Phi) is 5.19. The van der Waals surface area contributed by atoms with E-state index in [9.17, 15) is 0 Å². The van der Waals surface area contributed by atoms with Gasteiger partial charge in [-0.1, -0.05) is 20.8 Å². The van der Waals surface area contributed by atoms with E-state index >= 15 is 0 Å². The van der Waals surface area contributed by atoms with Crippen molar-refractivity contribution < 1.29 is 0 Å². The Labute approximate surface area is 104 Å². The van der Waals surface area contributed by atoms with Crippen LogP contribution in [0.25, 0.3) is 0 Å². The van der Waals surface area contributed by atoms with Gasteiger partial charge in [0.15, 0.2) is 0 Å². The van der Waals surface area contributed by atoms with Gasteiger partial charge in [0.05, 0.1) is 0 Å². The van der Waals surface area contributed by atoms with Gasteiger partial charge in [-0.2, -0.15) is 0 Å². The van der Waals surface area contributed by atoms with Crippen LogP contribution in [0.15, 0.2) is 6.07 Å². The topological polar surface area (TPSA) is 41.0 Å². The van der Waals surface area contributed by atoms with Crippen LogP contribution in [0.3, 0.4) is 0 Å². The molecule has 0 spiro atoms. The third-order valence-corrected chi connectivity index (χ3v) is 2.70. The van der Waals surface area contributed by atoms with Gasteiger partial charge in [0.25, 0.3) is 0 Å². The predicted octanol–water partition coefficient (Wildman–Crippen LogP) is 2.88. The van der Waals surface area contributed by atoms with Crippen molar-refractivity contribution in [1.82, 2.24) is 9.97 Å². The molecule has 17 heavy (non-hydrogen) atoms. The molecule has 4 nitrogen and oxygen atoms in total. The molecule has 0 aromatic carbocycles. The molecule has 0 aliphatic rings. The van der Waals surface area contributed by atoms with Crippen molar-refractivity contribution in [3.63, 3.8) is 0 Å². The largest absolute Gasteiger partial charge is 0.373 e.